The van der Waals surface area contributed by atoms with Crippen LogP contribution in [0, 0.1) is 35.5 Å². The molecule has 0 amide bonds. The number of rotatable bonds is 2. The molecule has 8 bridgehead atoms. The first kappa shape index (κ1) is 19.5. The van der Waals surface area contributed by atoms with Crippen molar-refractivity contribution in [2.24, 2.45) is 35.5 Å². The molecule has 1 heteroatoms. The first-order chi connectivity index (χ1) is 14.7. The summed E-state index contributed by atoms with van der Waals surface area (Å²) in [6, 6.07) is 4.90. The van der Waals surface area contributed by atoms with Gasteiger partial charge < -0.3 is 5.11 Å². The van der Waals surface area contributed by atoms with Gasteiger partial charge in [0.15, 0.2) is 0 Å². The van der Waals surface area contributed by atoms with Crippen molar-refractivity contribution in [3.8, 4) is 5.75 Å². The van der Waals surface area contributed by atoms with E-state index < -0.39 is 0 Å². The third kappa shape index (κ3) is 2.80. The second kappa shape index (κ2) is 6.12. The van der Waals surface area contributed by atoms with Crippen molar-refractivity contribution in [3.05, 3.63) is 28.8 Å². The maximum atomic E-state index is 11.6. The second-order valence-corrected chi connectivity index (χ2v) is 14.6. The van der Waals surface area contributed by atoms with Crippen LogP contribution in [0.2, 0.25) is 0 Å². The fourth-order valence-electron chi connectivity index (χ4n) is 11.0. The summed E-state index contributed by atoms with van der Waals surface area (Å²) in [5.41, 5.74) is 5.27. The average Bonchev–Trinajstić information content (AvgIpc) is 2.64. The summed E-state index contributed by atoms with van der Waals surface area (Å²) < 4.78 is 0. The first-order valence-electron chi connectivity index (χ1n) is 13.6. The van der Waals surface area contributed by atoms with Crippen LogP contribution in [0.3, 0.4) is 0 Å². The van der Waals surface area contributed by atoms with Gasteiger partial charge in [0.1, 0.15) is 5.75 Å². The van der Waals surface area contributed by atoms with E-state index in [9.17, 15) is 5.11 Å². The minimum absolute atomic E-state index is 0.142. The summed E-state index contributed by atoms with van der Waals surface area (Å²) >= 11 is 0. The van der Waals surface area contributed by atoms with Crippen molar-refractivity contribution >= 4 is 0 Å². The van der Waals surface area contributed by atoms with Gasteiger partial charge in [-0.3, -0.25) is 0 Å². The Labute approximate surface area is 189 Å². The lowest BCUT2D eigenvalue weighted by Crippen LogP contribution is -2.50. The molecule has 0 heterocycles. The highest BCUT2D eigenvalue weighted by molar-refractivity contribution is 5.52. The van der Waals surface area contributed by atoms with Crippen molar-refractivity contribution in [1.82, 2.24) is 0 Å². The lowest BCUT2D eigenvalue weighted by Gasteiger charge is -2.59. The highest BCUT2D eigenvalue weighted by atomic mass is 16.3. The zero-order valence-corrected chi connectivity index (χ0v) is 20.1. The molecule has 9 rings (SSSR count). The molecular formula is C30H42O. The monoisotopic (exact) mass is 418 g/mol. The number of hydrogen-bond acceptors (Lipinski definition) is 1. The molecule has 8 saturated carbocycles. The van der Waals surface area contributed by atoms with Crippen molar-refractivity contribution in [2.45, 2.75) is 114 Å². The Morgan fingerprint density at radius 2 is 0.968 bits per heavy atom. The Morgan fingerprint density at radius 3 is 1.32 bits per heavy atom. The Hall–Kier alpha value is -0.980. The molecule has 0 aliphatic heterocycles. The highest BCUT2D eigenvalue weighted by Gasteiger charge is 2.55. The molecule has 0 radical (unpaired) electrons. The van der Waals surface area contributed by atoms with Crippen LogP contribution < -0.4 is 0 Å². The van der Waals surface area contributed by atoms with Crippen molar-refractivity contribution in [3.63, 3.8) is 0 Å². The van der Waals surface area contributed by atoms with Gasteiger partial charge in [0.2, 0.25) is 0 Å². The SMILES string of the molecule is CC(C)(C)c1cc(C23CC4CC(CC(C4)C2)C3)c(O)cc1C12CC3CC(CC(C3)C1)C2. The molecule has 0 saturated heterocycles. The van der Waals surface area contributed by atoms with Crippen molar-refractivity contribution in [2.75, 3.05) is 0 Å². The van der Waals surface area contributed by atoms with E-state index in [2.05, 4.69) is 32.9 Å². The summed E-state index contributed by atoms with van der Waals surface area (Å²) in [4.78, 5) is 0. The van der Waals surface area contributed by atoms with Crippen LogP contribution in [0.25, 0.3) is 0 Å². The molecular weight excluding hydrogens is 376 g/mol. The third-order valence-corrected chi connectivity index (χ3v) is 11.2. The molecule has 0 spiro atoms. The van der Waals surface area contributed by atoms with Gasteiger partial charge >= 0.3 is 0 Å². The van der Waals surface area contributed by atoms with Gasteiger partial charge in [-0.15, -0.1) is 0 Å². The minimum Gasteiger partial charge on any atom is -0.508 e. The summed E-state index contributed by atoms with van der Waals surface area (Å²) in [5, 5.41) is 11.6. The maximum absolute atomic E-state index is 11.6. The molecule has 8 aliphatic carbocycles. The van der Waals surface area contributed by atoms with E-state index >= 15 is 0 Å². The van der Waals surface area contributed by atoms with Crippen LogP contribution in [-0.2, 0) is 16.2 Å². The Kier molecular flexibility index (Phi) is 3.85. The standard InChI is InChI=1S/C30H42O/c1-28(2,3)24-10-26(30-15-21-7-22(16-30)9-23(8-21)17-30)27(31)11-25(24)29-12-18-4-19(13-29)6-20(5-18)14-29/h10-11,18-23,31H,4-9,12-17H2,1-3H3. The number of benzene rings is 1. The normalized spacial score (nSPS) is 47.3. The Balaban J connectivity index is 1.37. The predicted octanol–water partition coefficient (Wildman–Crippen LogP) is 7.63. The molecule has 8 aliphatic rings. The Bertz CT molecular complexity index is 845. The molecule has 1 aromatic carbocycles. The summed E-state index contributed by atoms with van der Waals surface area (Å²) in [6.07, 6.45) is 17.1. The zero-order chi connectivity index (χ0) is 21.2. The highest BCUT2D eigenvalue weighted by Crippen LogP contribution is 2.65. The molecule has 0 aromatic heterocycles. The van der Waals surface area contributed by atoms with Crippen molar-refractivity contribution < 1.29 is 5.11 Å². The zero-order valence-electron chi connectivity index (χ0n) is 20.1. The van der Waals surface area contributed by atoms with Crippen LogP contribution in [0.15, 0.2) is 12.1 Å². The third-order valence-electron chi connectivity index (χ3n) is 11.2. The van der Waals surface area contributed by atoms with E-state index in [-0.39, 0.29) is 10.8 Å². The van der Waals surface area contributed by atoms with E-state index in [4.69, 9.17) is 0 Å². The number of phenols is 1. The van der Waals surface area contributed by atoms with E-state index in [1.165, 1.54) is 82.6 Å². The maximum Gasteiger partial charge on any atom is 0.119 e. The number of phenolic OH excluding ortho intramolecular Hbond substituents is 1. The summed E-state index contributed by atoms with van der Waals surface area (Å²) in [6.45, 7) is 7.27. The van der Waals surface area contributed by atoms with Gasteiger partial charge in [0, 0.05) is 5.56 Å². The van der Waals surface area contributed by atoms with E-state index in [0.717, 1.165) is 35.5 Å². The van der Waals surface area contributed by atoms with Crippen molar-refractivity contribution in [1.29, 1.82) is 0 Å². The van der Waals surface area contributed by atoms with Gasteiger partial charge in [-0.25, -0.2) is 0 Å². The summed E-state index contributed by atoms with van der Waals surface area (Å²) in [7, 11) is 0. The lowest BCUT2D eigenvalue weighted by molar-refractivity contribution is -0.00830. The molecule has 31 heavy (non-hydrogen) atoms. The Morgan fingerprint density at radius 1 is 0.613 bits per heavy atom. The largest absolute Gasteiger partial charge is 0.508 e. The van der Waals surface area contributed by atoms with Crippen LogP contribution in [0.5, 0.6) is 5.75 Å². The molecule has 8 fully saturated rings. The second-order valence-electron chi connectivity index (χ2n) is 14.6. The summed E-state index contributed by atoms with van der Waals surface area (Å²) in [5.74, 6) is 6.28. The van der Waals surface area contributed by atoms with E-state index in [1.807, 2.05) is 0 Å². The van der Waals surface area contributed by atoms with E-state index in [1.54, 1.807) is 11.1 Å². The number of aromatic hydroxyl groups is 1. The van der Waals surface area contributed by atoms with Gasteiger partial charge in [-0.05, 0) is 146 Å². The average molecular weight is 419 g/mol. The topological polar surface area (TPSA) is 20.2 Å². The van der Waals surface area contributed by atoms with Gasteiger partial charge in [0.05, 0.1) is 0 Å². The first-order valence-corrected chi connectivity index (χ1v) is 13.6. The molecule has 0 atom stereocenters. The number of hydrogen-bond donors (Lipinski definition) is 1. The van der Waals surface area contributed by atoms with Crippen LogP contribution in [-0.4, -0.2) is 5.11 Å². The molecule has 1 N–H and O–H groups in total. The quantitative estimate of drug-likeness (QED) is 0.523. The molecule has 0 unspecified atom stereocenters. The fraction of sp³-hybridized carbons (Fsp3) is 0.800. The van der Waals surface area contributed by atoms with Crippen LogP contribution >= 0.6 is 0 Å². The van der Waals surface area contributed by atoms with Crippen LogP contribution in [0.1, 0.15) is 115 Å². The van der Waals surface area contributed by atoms with Gasteiger partial charge in [-0.2, -0.15) is 0 Å². The fourth-order valence-corrected chi connectivity index (χ4v) is 11.0. The predicted molar refractivity (Wildman–Crippen MR) is 127 cm³/mol. The van der Waals surface area contributed by atoms with Gasteiger partial charge in [0.25, 0.3) is 0 Å². The molecule has 168 valence electrons. The van der Waals surface area contributed by atoms with Gasteiger partial charge in [-0.1, -0.05) is 26.8 Å². The van der Waals surface area contributed by atoms with E-state index in [0.29, 0.717) is 11.2 Å². The minimum atomic E-state index is 0.142. The smallest absolute Gasteiger partial charge is 0.119 e. The van der Waals surface area contributed by atoms with Crippen LogP contribution in [0.4, 0.5) is 0 Å². The molecule has 1 aromatic rings. The molecule has 1 nitrogen and oxygen atoms in total. The lowest BCUT2D eigenvalue weighted by atomic mass is 9.46.